The van der Waals surface area contributed by atoms with Crippen LogP contribution in [-0.4, -0.2) is 14.5 Å². The molecule has 0 aliphatic rings. The van der Waals surface area contributed by atoms with Crippen molar-refractivity contribution in [3.05, 3.63) is 70.3 Å². The second-order valence-corrected chi connectivity index (χ2v) is 6.48. The molecule has 0 spiro atoms. The molecule has 0 saturated heterocycles. The second kappa shape index (κ2) is 7.92. The maximum atomic E-state index is 13.0. The zero-order valence-electron chi connectivity index (χ0n) is 14.7. The third-order valence-electron chi connectivity index (χ3n) is 3.76. The van der Waals surface area contributed by atoms with Gasteiger partial charge in [-0.1, -0.05) is 0 Å². The van der Waals surface area contributed by atoms with Crippen molar-refractivity contribution in [1.29, 1.82) is 0 Å². The Morgan fingerprint density at radius 3 is 2.74 bits per heavy atom. The number of halogens is 1. The van der Waals surface area contributed by atoms with Crippen LogP contribution in [0.1, 0.15) is 0 Å². The van der Waals surface area contributed by atoms with Gasteiger partial charge in [-0.15, -0.1) is 17.5 Å². The molecule has 6 nitrogen and oxygen atoms in total. The van der Waals surface area contributed by atoms with Gasteiger partial charge in [0.1, 0.15) is 5.82 Å². The van der Waals surface area contributed by atoms with Crippen LogP contribution in [0, 0.1) is 11.9 Å². The number of fused-ring (bicyclic) bond motifs is 1. The fourth-order valence-electron chi connectivity index (χ4n) is 2.47. The van der Waals surface area contributed by atoms with Crippen LogP contribution in [-0.2, 0) is 7.05 Å². The average Bonchev–Trinajstić information content (AvgIpc) is 3.04. The fourth-order valence-corrected chi connectivity index (χ4v) is 3.34. The largest absolute Gasteiger partial charge is 1.00 e. The molecule has 0 atom stereocenters. The number of benzene rings is 1. The van der Waals surface area contributed by atoms with E-state index in [9.17, 15) is 9.18 Å². The Labute approximate surface area is 170 Å². The number of nitrogens with zero attached hydrogens (tertiary/aromatic N) is 3. The molecule has 0 unspecified atom stereocenters. The Balaban J connectivity index is 0.00000210. The summed E-state index contributed by atoms with van der Waals surface area (Å²) in [7, 11) is 1.71. The third-order valence-corrected chi connectivity index (χ3v) is 4.71. The molecule has 0 amide bonds. The summed E-state index contributed by atoms with van der Waals surface area (Å²) in [5, 5.41) is 8.60. The molecule has 4 aromatic rings. The number of rotatable bonds is 4. The van der Waals surface area contributed by atoms with Crippen molar-refractivity contribution in [3.63, 3.8) is 0 Å². The zero-order chi connectivity index (χ0) is 18.1. The first-order valence-electron chi connectivity index (χ1n) is 7.71. The molecule has 130 valence electrons. The minimum absolute atomic E-state index is 0. The predicted molar refractivity (Wildman–Crippen MR) is 101 cm³/mol. The molecular formula is C18H13FLiN5OS. The molecule has 0 fully saturated rings. The van der Waals surface area contributed by atoms with E-state index in [1.165, 1.54) is 34.2 Å². The molecule has 9 heteroatoms. The van der Waals surface area contributed by atoms with Crippen molar-refractivity contribution in [2.45, 2.75) is 0 Å². The van der Waals surface area contributed by atoms with E-state index in [-0.39, 0.29) is 30.2 Å². The normalized spacial score (nSPS) is 10.4. The topological polar surface area (TPSA) is 71.8 Å². The second-order valence-electron chi connectivity index (χ2n) is 5.56. The van der Waals surface area contributed by atoms with E-state index >= 15 is 0 Å². The van der Waals surface area contributed by atoms with Gasteiger partial charge in [0, 0.05) is 29.0 Å². The van der Waals surface area contributed by atoms with Gasteiger partial charge in [-0.25, -0.2) is 9.37 Å². The summed E-state index contributed by atoms with van der Waals surface area (Å²) in [6, 6.07) is 10.7. The predicted octanol–water partition coefficient (Wildman–Crippen LogP) is 0.820. The molecule has 0 bridgehead atoms. The molecule has 27 heavy (non-hydrogen) atoms. The van der Waals surface area contributed by atoms with Crippen LogP contribution >= 0.6 is 11.3 Å². The maximum absolute atomic E-state index is 13.0. The van der Waals surface area contributed by atoms with Gasteiger partial charge in [0.15, 0.2) is 0 Å². The standard InChI is InChI=1S/C18H13FN5OS.Li/c1-24-9-7-14-16(17(24)25)13(10-26-14)22-15-6-8-20-18(23-15)21-12-4-2-11(19)3-5-12;/h2-5,7-10H,1H3,(H2,20,21,22,23);/q-1;+1. The van der Waals surface area contributed by atoms with E-state index < -0.39 is 0 Å². The van der Waals surface area contributed by atoms with Gasteiger partial charge in [0.2, 0.25) is 5.95 Å². The number of aryl methyl sites for hydroxylation is 1. The van der Waals surface area contributed by atoms with Crippen molar-refractivity contribution >= 4 is 44.6 Å². The smallest absolute Gasteiger partial charge is 0.408 e. The first kappa shape index (κ1) is 19.1. The van der Waals surface area contributed by atoms with E-state index in [1.54, 1.807) is 25.4 Å². The first-order chi connectivity index (χ1) is 12.6. The first-order valence-corrected chi connectivity index (χ1v) is 8.59. The molecule has 0 radical (unpaired) electrons. The molecule has 0 aliphatic heterocycles. The third kappa shape index (κ3) is 4.03. The minimum atomic E-state index is -0.314. The van der Waals surface area contributed by atoms with Crippen LogP contribution in [0.25, 0.3) is 10.1 Å². The minimum Gasteiger partial charge on any atom is -0.408 e. The van der Waals surface area contributed by atoms with Crippen LogP contribution in [0.3, 0.4) is 0 Å². The van der Waals surface area contributed by atoms with Gasteiger partial charge in [-0.3, -0.25) is 9.78 Å². The number of aromatic nitrogens is 3. The number of pyridine rings is 1. The van der Waals surface area contributed by atoms with Gasteiger partial charge in [-0.2, -0.15) is 0 Å². The van der Waals surface area contributed by atoms with Crippen molar-refractivity contribution in [2.75, 3.05) is 10.6 Å². The Kier molecular flexibility index (Phi) is 5.61. The number of thiophene rings is 1. The average molecular weight is 373 g/mol. The van der Waals surface area contributed by atoms with Crippen LogP contribution in [0.4, 0.5) is 27.5 Å². The van der Waals surface area contributed by atoms with Gasteiger partial charge in [0.05, 0.1) is 11.1 Å². The molecule has 3 heterocycles. The molecule has 1 aromatic carbocycles. The number of hydrogen-bond donors (Lipinski definition) is 2. The quantitative estimate of drug-likeness (QED) is 0.409. The summed E-state index contributed by atoms with van der Waals surface area (Å²) in [6.07, 6.45) is 3.22. The SMILES string of the molecule is Cn1ccc2scc(Nc3[c-]cnc(Nc4ccc(F)cc4)n3)c2c1=O.[Li+]. The molecule has 0 saturated carbocycles. The molecular weight excluding hydrogens is 360 g/mol. The van der Waals surface area contributed by atoms with Gasteiger partial charge >= 0.3 is 18.9 Å². The van der Waals surface area contributed by atoms with Crippen LogP contribution in [0.2, 0.25) is 0 Å². The van der Waals surface area contributed by atoms with Gasteiger partial charge in [-0.05, 0) is 36.1 Å². The van der Waals surface area contributed by atoms with E-state index in [0.29, 0.717) is 28.5 Å². The van der Waals surface area contributed by atoms with Gasteiger partial charge in [0.25, 0.3) is 5.56 Å². The van der Waals surface area contributed by atoms with Crippen molar-refractivity contribution < 1.29 is 23.3 Å². The molecule has 3 aromatic heterocycles. The molecule has 0 aliphatic carbocycles. The molecule has 2 N–H and O–H groups in total. The Morgan fingerprint density at radius 1 is 1.19 bits per heavy atom. The van der Waals surface area contributed by atoms with Crippen molar-refractivity contribution in [1.82, 2.24) is 14.5 Å². The Hall–Kier alpha value is -2.66. The van der Waals surface area contributed by atoms with E-state index in [4.69, 9.17) is 0 Å². The summed E-state index contributed by atoms with van der Waals surface area (Å²) < 4.78 is 15.4. The van der Waals surface area contributed by atoms with E-state index in [2.05, 4.69) is 26.7 Å². The number of anilines is 4. The fraction of sp³-hybridized carbons (Fsp3) is 0.0556. The Morgan fingerprint density at radius 2 is 1.96 bits per heavy atom. The molecule has 4 rings (SSSR count). The summed E-state index contributed by atoms with van der Waals surface area (Å²) in [5.41, 5.74) is 1.26. The van der Waals surface area contributed by atoms with Crippen molar-refractivity contribution in [2.24, 2.45) is 7.05 Å². The number of nitrogens with one attached hydrogen (secondary N) is 2. The summed E-state index contributed by atoms with van der Waals surface area (Å²) in [5.74, 6) is 0.451. The zero-order valence-corrected chi connectivity index (χ0v) is 15.5. The summed E-state index contributed by atoms with van der Waals surface area (Å²) in [4.78, 5) is 20.8. The summed E-state index contributed by atoms with van der Waals surface area (Å²) >= 11 is 1.48. The van der Waals surface area contributed by atoms with Crippen LogP contribution in [0.15, 0.2) is 52.9 Å². The van der Waals surface area contributed by atoms with Crippen LogP contribution < -0.4 is 35.1 Å². The maximum Gasteiger partial charge on any atom is 1.00 e. The Bertz CT molecular complexity index is 1140. The monoisotopic (exact) mass is 373 g/mol. The van der Waals surface area contributed by atoms with Crippen molar-refractivity contribution in [3.8, 4) is 0 Å². The van der Waals surface area contributed by atoms with E-state index in [0.717, 1.165) is 4.70 Å². The van der Waals surface area contributed by atoms with E-state index in [1.807, 2.05) is 11.4 Å². The van der Waals surface area contributed by atoms with Crippen LogP contribution in [0.5, 0.6) is 0 Å². The van der Waals surface area contributed by atoms with Gasteiger partial charge < -0.3 is 21.3 Å². The summed E-state index contributed by atoms with van der Waals surface area (Å²) in [6.45, 7) is 0. The number of hydrogen-bond acceptors (Lipinski definition) is 6.